The highest BCUT2D eigenvalue weighted by Crippen LogP contribution is 2.22. The van der Waals surface area contributed by atoms with E-state index in [1.165, 1.54) is 11.8 Å². The predicted molar refractivity (Wildman–Crippen MR) is 81.4 cm³/mol. The van der Waals surface area contributed by atoms with Gasteiger partial charge >= 0.3 is 0 Å². The highest BCUT2D eigenvalue weighted by Gasteiger charge is 2.17. The topological polar surface area (TPSA) is 82.2 Å². The van der Waals surface area contributed by atoms with E-state index in [2.05, 4.69) is 15.5 Å². The molecule has 1 amide bonds. The van der Waals surface area contributed by atoms with Crippen LogP contribution in [0.2, 0.25) is 0 Å². The average molecular weight is 322 g/mol. The summed E-state index contributed by atoms with van der Waals surface area (Å²) in [5.74, 6) is 1.58. The number of amides is 1. The molecule has 118 valence electrons. The van der Waals surface area contributed by atoms with Crippen LogP contribution in [0, 0.1) is 0 Å². The third kappa shape index (κ3) is 3.50. The van der Waals surface area contributed by atoms with E-state index in [1.807, 2.05) is 17.7 Å². The lowest BCUT2D eigenvalue weighted by atomic mass is 10.2. The zero-order valence-corrected chi connectivity index (χ0v) is 13.1. The first-order valence-electron chi connectivity index (χ1n) is 7.18. The standard InChI is InChI=1S/C14H18N4O3S/c1-18-13(11-5-3-7-21-11)16-17-14(18)22-9-12(19)15-8-10-4-2-6-20-10/h3,5,7,10H,2,4,6,8-9H2,1H3,(H,15,19)/t10-/m1/s1. The number of hydrogen-bond donors (Lipinski definition) is 1. The van der Waals surface area contributed by atoms with Gasteiger partial charge in [-0.05, 0) is 25.0 Å². The number of carbonyl (C=O) groups is 1. The maximum Gasteiger partial charge on any atom is 0.230 e. The van der Waals surface area contributed by atoms with Crippen LogP contribution < -0.4 is 5.32 Å². The number of nitrogens with zero attached hydrogens (tertiary/aromatic N) is 3. The summed E-state index contributed by atoms with van der Waals surface area (Å²) in [6.07, 6.45) is 3.84. The van der Waals surface area contributed by atoms with Crippen LogP contribution in [-0.4, -0.2) is 45.7 Å². The number of thioether (sulfide) groups is 1. The molecule has 0 radical (unpaired) electrons. The van der Waals surface area contributed by atoms with Crippen molar-refractivity contribution in [3.05, 3.63) is 18.4 Å². The van der Waals surface area contributed by atoms with Gasteiger partial charge in [-0.25, -0.2) is 0 Å². The minimum absolute atomic E-state index is 0.0250. The van der Waals surface area contributed by atoms with E-state index < -0.39 is 0 Å². The molecular weight excluding hydrogens is 304 g/mol. The second-order valence-electron chi connectivity index (χ2n) is 5.07. The lowest BCUT2D eigenvalue weighted by Crippen LogP contribution is -2.32. The summed E-state index contributed by atoms with van der Waals surface area (Å²) in [5, 5.41) is 11.8. The van der Waals surface area contributed by atoms with Crippen molar-refractivity contribution in [2.75, 3.05) is 18.9 Å². The lowest BCUT2D eigenvalue weighted by molar-refractivity contribution is -0.119. The SMILES string of the molecule is Cn1c(SCC(=O)NC[C@H]2CCCO2)nnc1-c1ccco1. The zero-order chi connectivity index (χ0) is 15.4. The molecule has 0 saturated carbocycles. The van der Waals surface area contributed by atoms with E-state index >= 15 is 0 Å². The van der Waals surface area contributed by atoms with Crippen LogP contribution >= 0.6 is 11.8 Å². The molecule has 1 aliphatic rings. The number of furan rings is 1. The maximum atomic E-state index is 11.9. The fourth-order valence-electron chi connectivity index (χ4n) is 2.28. The molecule has 2 aromatic rings. The minimum atomic E-state index is -0.0250. The quantitative estimate of drug-likeness (QED) is 0.811. The molecular formula is C14H18N4O3S. The van der Waals surface area contributed by atoms with Gasteiger partial charge in [0.1, 0.15) is 0 Å². The van der Waals surface area contributed by atoms with Crippen molar-refractivity contribution in [1.82, 2.24) is 20.1 Å². The number of rotatable bonds is 6. The highest BCUT2D eigenvalue weighted by molar-refractivity contribution is 7.99. The molecule has 3 heterocycles. The smallest absolute Gasteiger partial charge is 0.230 e. The Hall–Kier alpha value is -1.80. The molecule has 0 bridgehead atoms. The number of carbonyl (C=O) groups excluding carboxylic acids is 1. The molecule has 22 heavy (non-hydrogen) atoms. The molecule has 2 aromatic heterocycles. The first-order valence-corrected chi connectivity index (χ1v) is 8.17. The first-order chi connectivity index (χ1) is 10.7. The van der Waals surface area contributed by atoms with Crippen LogP contribution in [0.5, 0.6) is 0 Å². The van der Waals surface area contributed by atoms with E-state index in [1.54, 1.807) is 12.3 Å². The van der Waals surface area contributed by atoms with Crippen molar-refractivity contribution in [2.24, 2.45) is 7.05 Å². The average Bonchev–Trinajstić information content (AvgIpc) is 3.25. The first kappa shape index (κ1) is 15.1. The molecule has 1 aliphatic heterocycles. The van der Waals surface area contributed by atoms with Gasteiger partial charge in [-0.15, -0.1) is 10.2 Å². The van der Waals surface area contributed by atoms with E-state index in [4.69, 9.17) is 9.15 Å². The van der Waals surface area contributed by atoms with Crippen molar-refractivity contribution >= 4 is 17.7 Å². The molecule has 1 N–H and O–H groups in total. The van der Waals surface area contributed by atoms with E-state index in [0.29, 0.717) is 29.0 Å². The Morgan fingerprint density at radius 2 is 2.45 bits per heavy atom. The van der Waals surface area contributed by atoms with Gasteiger partial charge in [-0.1, -0.05) is 11.8 Å². The Morgan fingerprint density at radius 1 is 1.55 bits per heavy atom. The monoisotopic (exact) mass is 322 g/mol. The van der Waals surface area contributed by atoms with E-state index in [9.17, 15) is 4.79 Å². The predicted octanol–water partition coefficient (Wildman–Crippen LogP) is 1.46. The molecule has 1 fully saturated rings. The summed E-state index contributed by atoms with van der Waals surface area (Å²) in [6.45, 7) is 1.37. The molecule has 1 saturated heterocycles. The van der Waals surface area contributed by atoms with Gasteiger partial charge in [0.2, 0.25) is 5.91 Å². The van der Waals surface area contributed by atoms with Crippen molar-refractivity contribution in [2.45, 2.75) is 24.1 Å². The third-order valence-electron chi connectivity index (χ3n) is 3.46. The van der Waals surface area contributed by atoms with Gasteiger partial charge in [0.05, 0.1) is 18.1 Å². The second kappa shape index (κ2) is 6.97. The third-order valence-corrected chi connectivity index (χ3v) is 4.48. The molecule has 3 rings (SSSR count). The van der Waals surface area contributed by atoms with Crippen LogP contribution in [0.1, 0.15) is 12.8 Å². The summed E-state index contributed by atoms with van der Waals surface area (Å²) in [5.41, 5.74) is 0. The summed E-state index contributed by atoms with van der Waals surface area (Å²) >= 11 is 1.35. The number of aromatic nitrogens is 3. The molecule has 0 spiro atoms. The molecule has 8 heteroatoms. The lowest BCUT2D eigenvalue weighted by Gasteiger charge is -2.10. The van der Waals surface area contributed by atoms with Crippen molar-refractivity contribution in [1.29, 1.82) is 0 Å². The van der Waals surface area contributed by atoms with Gasteiger partial charge in [-0.3, -0.25) is 4.79 Å². The van der Waals surface area contributed by atoms with Gasteiger partial charge in [0, 0.05) is 20.2 Å². The molecule has 1 atom stereocenters. The van der Waals surface area contributed by atoms with Gasteiger partial charge < -0.3 is 19.0 Å². The summed E-state index contributed by atoms with van der Waals surface area (Å²) < 4.78 is 12.6. The Kier molecular flexibility index (Phi) is 4.79. The second-order valence-corrected chi connectivity index (χ2v) is 6.01. The van der Waals surface area contributed by atoms with Gasteiger partial charge in [0.25, 0.3) is 0 Å². The fraction of sp³-hybridized carbons (Fsp3) is 0.500. The van der Waals surface area contributed by atoms with E-state index in [0.717, 1.165) is 19.4 Å². The van der Waals surface area contributed by atoms with Crippen LogP contribution in [0.4, 0.5) is 0 Å². The highest BCUT2D eigenvalue weighted by atomic mass is 32.2. The minimum Gasteiger partial charge on any atom is -0.461 e. The molecule has 0 aromatic carbocycles. The van der Waals surface area contributed by atoms with Crippen LogP contribution in [0.15, 0.2) is 28.0 Å². The van der Waals surface area contributed by atoms with Gasteiger partial charge in [-0.2, -0.15) is 0 Å². The normalized spacial score (nSPS) is 17.8. The maximum absolute atomic E-state index is 11.9. The van der Waals surface area contributed by atoms with Crippen molar-refractivity contribution in [3.63, 3.8) is 0 Å². The number of hydrogen-bond acceptors (Lipinski definition) is 6. The molecule has 0 unspecified atom stereocenters. The number of nitrogens with one attached hydrogen (secondary N) is 1. The van der Waals surface area contributed by atoms with Crippen molar-refractivity contribution < 1.29 is 13.9 Å². The number of ether oxygens (including phenoxy) is 1. The largest absolute Gasteiger partial charge is 0.461 e. The van der Waals surface area contributed by atoms with E-state index in [-0.39, 0.29) is 12.0 Å². The molecule has 7 nitrogen and oxygen atoms in total. The van der Waals surface area contributed by atoms with Crippen molar-refractivity contribution in [3.8, 4) is 11.6 Å². The summed E-state index contributed by atoms with van der Waals surface area (Å²) in [7, 11) is 1.85. The van der Waals surface area contributed by atoms with Crippen LogP contribution in [0.25, 0.3) is 11.6 Å². The summed E-state index contributed by atoms with van der Waals surface area (Å²) in [4.78, 5) is 11.9. The Bertz CT molecular complexity index is 620. The van der Waals surface area contributed by atoms with Crippen LogP contribution in [0.3, 0.4) is 0 Å². The van der Waals surface area contributed by atoms with Crippen LogP contribution in [-0.2, 0) is 16.6 Å². The Balaban J connectivity index is 1.50. The zero-order valence-electron chi connectivity index (χ0n) is 12.3. The van der Waals surface area contributed by atoms with Gasteiger partial charge in [0.15, 0.2) is 16.7 Å². The Labute approximate surface area is 132 Å². The fourth-order valence-corrected chi connectivity index (χ4v) is 3.02. The molecule has 0 aliphatic carbocycles. The Morgan fingerprint density at radius 3 is 3.18 bits per heavy atom. The summed E-state index contributed by atoms with van der Waals surface area (Å²) in [6, 6.07) is 3.63.